The van der Waals surface area contributed by atoms with Crippen molar-refractivity contribution in [3.05, 3.63) is 52.3 Å². The zero-order valence-corrected chi connectivity index (χ0v) is 15.6. The largest absolute Gasteiger partial charge is 0.350 e. The summed E-state index contributed by atoms with van der Waals surface area (Å²) in [5, 5.41) is 7.59. The Labute approximate surface area is 144 Å². The Morgan fingerprint density at radius 3 is 2.33 bits per heavy atom. The lowest BCUT2D eigenvalue weighted by atomic mass is 10.0. The normalized spacial score (nSPS) is 12.5. The zero-order valence-electron chi connectivity index (χ0n) is 15.6. The fourth-order valence-electron chi connectivity index (χ4n) is 3.00. The Morgan fingerprint density at radius 1 is 1.21 bits per heavy atom. The molecule has 0 bridgehead atoms. The first kappa shape index (κ1) is 18.2. The molecule has 2 rings (SSSR count). The summed E-state index contributed by atoms with van der Waals surface area (Å²) in [6.45, 7) is 9.50. The van der Waals surface area contributed by atoms with Gasteiger partial charge in [0.05, 0.1) is 5.69 Å². The van der Waals surface area contributed by atoms with Gasteiger partial charge in [-0.1, -0.05) is 29.8 Å². The van der Waals surface area contributed by atoms with Crippen LogP contribution >= 0.6 is 0 Å². The number of carbonyl (C=O) groups excluding carboxylic acids is 1. The van der Waals surface area contributed by atoms with Crippen LogP contribution in [-0.2, 0) is 17.9 Å². The number of carbonyl (C=O) groups is 1. The number of likely N-dealkylation sites (N-methyl/N-ethyl adjacent to an activating group) is 1. The molecule has 0 aliphatic rings. The summed E-state index contributed by atoms with van der Waals surface area (Å²) >= 11 is 0. The molecule has 0 radical (unpaired) electrons. The fourth-order valence-corrected chi connectivity index (χ4v) is 3.00. The number of hydrogen-bond donors (Lipinski definition) is 1. The van der Waals surface area contributed by atoms with Crippen molar-refractivity contribution in [2.24, 2.45) is 0 Å². The molecule has 130 valence electrons. The van der Waals surface area contributed by atoms with Crippen LogP contribution in [0.2, 0.25) is 0 Å². The fraction of sp³-hybridized carbons (Fsp3) is 0.474. The van der Waals surface area contributed by atoms with Crippen molar-refractivity contribution >= 4 is 5.91 Å². The Kier molecular flexibility index (Phi) is 5.78. The molecular formula is C19H28N4O. The van der Waals surface area contributed by atoms with Crippen molar-refractivity contribution in [3.63, 3.8) is 0 Å². The number of aryl methyl sites for hydroxylation is 3. The van der Waals surface area contributed by atoms with E-state index in [1.165, 1.54) is 5.56 Å². The second kappa shape index (κ2) is 7.62. The monoisotopic (exact) mass is 328 g/mol. The van der Waals surface area contributed by atoms with Gasteiger partial charge in [-0.15, -0.1) is 0 Å². The molecule has 0 fully saturated rings. The van der Waals surface area contributed by atoms with Crippen LogP contribution in [0.15, 0.2) is 24.3 Å². The summed E-state index contributed by atoms with van der Waals surface area (Å²) in [5.41, 5.74) is 5.39. The highest BCUT2D eigenvalue weighted by Gasteiger charge is 2.23. The number of nitrogens with zero attached hydrogens (tertiary/aromatic N) is 3. The van der Waals surface area contributed by atoms with Crippen LogP contribution in [0.5, 0.6) is 0 Å². The van der Waals surface area contributed by atoms with Crippen LogP contribution in [0.4, 0.5) is 0 Å². The highest BCUT2D eigenvalue weighted by atomic mass is 16.2. The van der Waals surface area contributed by atoms with Crippen LogP contribution in [0.3, 0.4) is 0 Å². The first-order valence-electron chi connectivity index (χ1n) is 8.38. The van der Waals surface area contributed by atoms with E-state index >= 15 is 0 Å². The van der Waals surface area contributed by atoms with Gasteiger partial charge < -0.3 is 5.32 Å². The molecule has 1 unspecified atom stereocenters. The van der Waals surface area contributed by atoms with Gasteiger partial charge in [0.25, 0.3) is 0 Å². The highest BCUT2D eigenvalue weighted by Crippen LogP contribution is 2.20. The lowest BCUT2D eigenvalue weighted by Gasteiger charge is -2.24. The quantitative estimate of drug-likeness (QED) is 0.887. The van der Waals surface area contributed by atoms with Crippen molar-refractivity contribution in [2.75, 3.05) is 14.1 Å². The maximum Gasteiger partial charge on any atom is 0.242 e. The molecule has 0 spiro atoms. The lowest BCUT2D eigenvalue weighted by Crippen LogP contribution is -2.36. The first-order chi connectivity index (χ1) is 11.3. The van der Waals surface area contributed by atoms with Gasteiger partial charge in [0.2, 0.25) is 5.91 Å². The number of amides is 1. The topological polar surface area (TPSA) is 50.2 Å². The standard InChI is InChI=1S/C19H28N4O/c1-7-23-15(4)17(14(3)21-23)12-20-19(24)18(22(5)6)16-10-8-13(2)9-11-16/h8-11,18H,7,12H2,1-6H3,(H,20,24). The van der Waals surface area contributed by atoms with Crippen LogP contribution < -0.4 is 5.32 Å². The average molecular weight is 328 g/mol. The summed E-state index contributed by atoms with van der Waals surface area (Å²) < 4.78 is 1.97. The molecule has 1 atom stereocenters. The van der Waals surface area contributed by atoms with Crippen molar-refractivity contribution in [3.8, 4) is 0 Å². The second-order valence-corrected chi connectivity index (χ2v) is 6.46. The number of rotatable bonds is 6. The minimum atomic E-state index is -0.299. The van der Waals surface area contributed by atoms with E-state index in [9.17, 15) is 4.79 Å². The van der Waals surface area contributed by atoms with Gasteiger partial charge in [-0.2, -0.15) is 5.10 Å². The second-order valence-electron chi connectivity index (χ2n) is 6.46. The molecule has 2 aromatic rings. The molecule has 1 heterocycles. The smallest absolute Gasteiger partial charge is 0.242 e. The molecular weight excluding hydrogens is 300 g/mol. The number of hydrogen-bond acceptors (Lipinski definition) is 3. The molecule has 0 saturated heterocycles. The van der Waals surface area contributed by atoms with E-state index in [2.05, 4.69) is 17.3 Å². The first-order valence-corrected chi connectivity index (χ1v) is 8.38. The van der Waals surface area contributed by atoms with Crippen molar-refractivity contribution < 1.29 is 4.79 Å². The predicted octanol–water partition coefficient (Wildman–Crippen LogP) is 2.75. The van der Waals surface area contributed by atoms with E-state index < -0.39 is 0 Å². The van der Waals surface area contributed by atoms with E-state index in [-0.39, 0.29) is 11.9 Å². The van der Waals surface area contributed by atoms with E-state index in [4.69, 9.17) is 0 Å². The Balaban J connectivity index is 2.14. The Bertz CT molecular complexity index is 701. The molecule has 24 heavy (non-hydrogen) atoms. The number of nitrogens with one attached hydrogen (secondary N) is 1. The molecule has 1 aromatic carbocycles. The summed E-state index contributed by atoms with van der Waals surface area (Å²) in [5.74, 6) is 0.00639. The van der Waals surface area contributed by atoms with Crippen molar-refractivity contribution in [2.45, 2.75) is 46.8 Å². The SMILES string of the molecule is CCn1nc(C)c(CNC(=O)C(c2ccc(C)cc2)N(C)C)c1C. The Hall–Kier alpha value is -2.14. The summed E-state index contributed by atoms with van der Waals surface area (Å²) in [4.78, 5) is 14.7. The molecule has 1 amide bonds. The molecule has 5 nitrogen and oxygen atoms in total. The molecule has 0 saturated carbocycles. The van der Waals surface area contributed by atoms with Crippen molar-refractivity contribution in [1.82, 2.24) is 20.0 Å². The van der Waals surface area contributed by atoms with Gasteiger partial charge >= 0.3 is 0 Å². The molecule has 5 heteroatoms. The van der Waals surface area contributed by atoms with Gasteiger partial charge in [0, 0.05) is 24.3 Å². The minimum Gasteiger partial charge on any atom is -0.350 e. The maximum absolute atomic E-state index is 12.8. The average Bonchev–Trinajstić information content (AvgIpc) is 2.81. The molecule has 0 aliphatic heterocycles. The van der Waals surface area contributed by atoms with Crippen LogP contribution in [0.25, 0.3) is 0 Å². The van der Waals surface area contributed by atoms with E-state index in [0.717, 1.165) is 29.1 Å². The number of aromatic nitrogens is 2. The van der Waals surface area contributed by atoms with Crippen LogP contribution in [0, 0.1) is 20.8 Å². The van der Waals surface area contributed by atoms with Gasteiger partial charge in [-0.25, -0.2) is 0 Å². The minimum absolute atomic E-state index is 0.00639. The highest BCUT2D eigenvalue weighted by molar-refractivity contribution is 5.83. The lowest BCUT2D eigenvalue weighted by molar-refractivity contribution is -0.125. The number of benzene rings is 1. The molecule has 1 N–H and O–H groups in total. The van der Waals surface area contributed by atoms with Crippen LogP contribution in [-0.4, -0.2) is 34.7 Å². The van der Waals surface area contributed by atoms with Gasteiger partial charge in [-0.3, -0.25) is 14.4 Å². The maximum atomic E-state index is 12.8. The van der Waals surface area contributed by atoms with Gasteiger partial charge in [0.1, 0.15) is 6.04 Å². The molecule has 0 aliphatic carbocycles. The zero-order chi connectivity index (χ0) is 17.9. The predicted molar refractivity (Wildman–Crippen MR) is 96.8 cm³/mol. The third-order valence-corrected chi connectivity index (χ3v) is 4.43. The molecule has 1 aromatic heterocycles. The third-order valence-electron chi connectivity index (χ3n) is 4.43. The van der Waals surface area contributed by atoms with E-state index in [1.54, 1.807) is 0 Å². The van der Waals surface area contributed by atoms with Gasteiger partial charge in [0.15, 0.2) is 0 Å². The third kappa shape index (κ3) is 3.85. The van der Waals surface area contributed by atoms with Crippen molar-refractivity contribution in [1.29, 1.82) is 0 Å². The summed E-state index contributed by atoms with van der Waals surface area (Å²) in [6, 6.07) is 7.82. The Morgan fingerprint density at radius 2 is 1.83 bits per heavy atom. The van der Waals surface area contributed by atoms with E-state index in [1.807, 2.05) is 68.7 Å². The summed E-state index contributed by atoms with van der Waals surface area (Å²) in [6.07, 6.45) is 0. The van der Waals surface area contributed by atoms with Gasteiger partial charge in [-0.05, 0) is 47.4 Å². The van der Waals surface area contributed by atoms with Crippen LogP contribution in [0.1, 0.15) is 41.0 Å². The van der Waals surface area contributed by atoms with E-state index in [0.29, 0.717) is 6.54 Å². The summed E-state index contributed by atoms with van der Waals surface area (Å²) in [7, 11) is 3.85.